The number of hydrogen-bond acceptors (Lipinski definition) is 2. The summed E-state index contributed by atoms with van der Waals surface area (Å²) in [6, 6.07) is 8.68. The molecule has 1 aliphatic carbocycles. The van der Waals surface area contributed by atoms with Gasteiger partial charge in [-0.15, -0.1) is 0 Å². The van der Waals surface area contributed by atoms with Crippen LogP contribution in [-0.2, 0) is 6.42 Å². The standard InChI is InChI=1S/C17H22N2/c1-2-9-19-10-8-16-15(12-19)7-6-13-4-3-5-14(11-18)17(13)16/h3-5,15-16H,2,6-10,12H2,1H3/t15?,16-/m1/s1. The monoisotopic (exact) mass is 254 g/mol. The highest BCUT2D eigenvalue weighted by atomic mass is 15.1. The summed E-state index contributed by atoms with van der Waals surface area (Å²) < 4.78 is 0. The van der Waals surface area contributed by atoms with Crippen LogP contribution < -0.4 is 0 Å². The second kappa shape index (κ2) is 5.35. The Morgan fingerprint density at radius 2 is 2.26 bits per heavy atom. The van der Waals surface area contributed by atoms with Gasteiger partial charge in [0.2, 0.25) is 0 Å². The molecular weight excluding hydrogens is 232 g/mol. The maximum atomic E-state index is 9.36. The van der Waals surface area contributed by atoms with Gasteiger partial charge in [-0.25, -0.2) is 0 Å². The van der Waals surface area contributed by atoms with E-state index in [0.29, 0.717) is 5.92 Å². The van der Waals surface area contributed by atoms with E-state index < -0.39 is 0 Å². The van der Waals surface area contributed by atoms with Crippen LogP contribution in [0.15, 0.2) is 18.2 Å². The molecular formula is C17H22N2. The molecule has 3 rings (SSSR count). The van der Waals surface area contributed by atoms with Crippen molar-refractivity contribution in [1.82, 2.24) is 4.90 Å². The lowest BCUT2D eigenvalue weighted by atomic mass is 9.70. The van der Waals surface area contributed by atoms with Crippen molar-refractivity contribution < 1.29 is 0 Å². The van der Waals surface area contributed by atoms with Gasteiger partial charge < -0.3 is 4.90 Å². The molecule has 2 aliphatic rings. The topological polar surface area (TPSA) is 27.0 Å². The molecule has 0 spiro atoms. The molecule has 0 aromatic heterocycles. The van der Waals surface area contributed by atoms with Crippen molar-refractivity contribution in [3.63, 3.8) is 0 Å². The molecule has 0 radical (unpaired) electrons. The summed E-state index contributed by atoms with van der Waals surface area (Å²) in [7, 11) is 0. The molecule has 1 aliphatic heterocycles. The van der Waals surface area contributed by atoms with Crippen LogP contribution in [0.2, 0.25) is 0 Å². The van der Waals surface area contributed by atoms with Crippen molar-refractivity contribution in [2.75, 3.05) is 19.6 Å². The second-order valence-corrected chi connectivity index (χ2v) is 5.98. The van der Waals surface area contributed by atoms with Crippen molar-refractivity contribution in [3.8, 4) is 6.07 Å². The number of nitriles is 1. The molecule has 0 N–H and O–H groups in total. The van der Waals surface area contributed by atoms with Crippen molar-refractivity contribution >= 4 is 0 Å². The molecule has 1 aromatic rings. The number of benzene rings is 1. The van der Waals surface area contributed by atoms with Gasteiger partial charge in [0.25, 0.3) is 0 Å². The third-order valence-electron chi connectivity index (χ3n) is 4.83. The van der Waals surface area contributed by atoms with Gasteiger partial charge in [-0.05, 0) is 67.8 Å². The molecule has 0 bridgehead atoms. The van der Waals surface area contributed by atoms with Crippen molar-refractivity contribution in [2.24, 2.45) is 5.92 Å². The minimum absolute atomic E-state index is 0.632. The van der Waals surface area contributed by atoms with E-state index in [1.807, 2.05) is 12.1 Å². The zero-order valence-corrected chi connectivity index (χ0v) is 11.7. The summed E-state index contributed by atoms with van der Waals surface area (Å²) in [4.78, 5) is 2.61. The number of rotatable bonds is 2. The van der Waals surface area contributed by atoms with E-state index in [4.69, 9.17) is 0 Å². The predicted molar refractivity (Wildman–Crippen MR) is 77.1 cm³/mol. The van der Waals surface area contributed by atoms with Gasteiger partial charge in [0.05, 0.1) is 11.6 Å². The smallest absolute Gasteiger partial charge is 0.0994 e. The van der Waals surface area contributed by atoms with Crippen LogP contribution >= 0.6 is 0 Å². The Labute approximate surface area is 116 Å². The molecule has 0 amide bonds. The maximum Gasteiger partial charge on any atom is 0.0994 e. The molecule has 0 saturated carbocycles. The second-order valence-electron chi connectivity index (χ2n) is 5.98. The lowest BCUT2D eigenvalue weighted by Gasteiger charge is -2.42. The minimum Gasteiger partial charge on any atom is -0.303 e. The summed E-state index contributed by atoms with van der Waals surface area (Å²) in [5.74, 6) is 1.40. The van der Waals surface area contributed by atoms with Crippen LogP contribution in [0.5, 0.6) is 0 Å². The molecule has 2 heteroatoms. The molecule has 1 unspecified atom stereocenters. The Hall–Kier alpha value is -1.33. The Kier molecular flexibility index (Phi) is 3.57. The van der Waals surface area contributed by atoms with E-state index in [0.717, 1.165) is 17.9 Å². The SMILES string of the molecule is CCCN1CC[C@H]2c3c(C#N)cccc3CCC2C1. The van der Waals surface area contributed by atoms with E-state index in [1.165, 1.54) is 50.0 Å². The summed E-state index contributed by atoms with van der Waals surface area (Å²) >= 11 is 0. The number of hydrogen-bond donors (Lipinski definition) is 0. The van der Waals surface area contributed by atoms with Crippen LogP contribution in [0.25, 0.3) is 0 Å². The molecule has 100 valence electrons. The van der Waals surface area contributed by atoms with Gasteiger partial charge in [0.1, 0.15) is 0 Å². The number of nitrogens with zero attached hydrogens (tertiary/aromatic N) is 2. The first-order valence-electron chi connectivity index (χ1n) is 7.57. The fraction of sp³-hybridized carbons (Fsp3) is 0.588. The Bertz CT molecular complexity index is 500. The van der Waals surface area contributed by atoms with Crippen LogP contribution in [0.1, 0.15) is 48.8 Å². The average molecular weight is 254 g/mol. The molecule has 1 saturated heterocycles. The molecule has 19 heavy (non-hydrogen) atoms. The lowest BCUT2D eigenvalue weighted by Crippen LogP contribution is -2.41. The summed E-state index contributed by atoms with van der Waals surface area (Å²) in [6.07, 6.45) is 4.94. The number of fused-ring (bicyclic) bond motifs is 3. The number of piperidine rings is 1. The van der Waals surface area contributed by atoms with Gasteiger partial charge in [-0.1, -0.05) is 19.1 Å². The molecule has 2 nitrogen and oxygen atoms in total. The van der Waals surface area contributed by atoms with Crippen molar-refractivity contribution in [1.29, 1.82) is 5.26 Å². The van der Waals surface area contributed by atoms with Gasteiger partial charge >= 0.3 is 0 Å². The fourth-order valence-corrected chi connectivity index (χ4v) is 4.01. The molecule has 1 fully saturated rings. The van der Waals surface area contributed by atoms with Crippen LogP contribution in [0.4, 0.5) is 0 Å². The highest BCUT2D eigenvalue weighted by Gasteiger charge is 2.35. The van der Waals surface area contributed by atoms with Gasteiger partial charge in [-0.3, -0.25) is 0 Å². The van der Waals surface area contributed by atoms with Crippen LogP contribution in [0, 0.1) is 17.2 Å². The fourth-order valence-electron chi connectivity index (χ4n) is 4.01. The van der Waals surface area contributed by atoms with E-state index in [2.05, 4.69) is 24.0 Å². The zero-order valence-electron chi connectivity index (χ0n) is 11.7. The van der Waals surface area contributed by atoms with Gasteiger partial charge in [0.15, 0.2) is 0 Å². The third kappa shape index (κ3) is 2.28. The Morgan fingerprint density at radius 3 is 3.05 bits per heavy atom. The zero-order chi connectivity index (χ0) is 13.2. The highest BCUT2D eigenvalue weighted by Crippen LogP contribution is 2.42. The van der Waals surface area contributed by atoms with E-state index >= 15 is 0 Å². The molecule has 1 heterocycles. The Balaban J connectivity index is 1.88. The van der Waals surface area contributed by atoms with Crippen molar-refractivity contribution in [2.45, 2.75) is 38.5 Å². The first-order valence-corrected chi connectivity index (χ1v) is 7.57. The van der Waals surface area contributed by atoms with Crippen LogP contribution in [0.3, 0.4) is 0 Å². The lowest BCUT2D eigenvalue weighted by molar-refractivity contribution is 0.141. The minimum atomic E-state index is 0.632. The maximum absolute atomic E-state index is 9.36. The quantitative estimate of drug-likeness (QED) is 0.809. The predicted octanol–water partition coefficient (Wildman–Crippen LogP) is 3.32. The molecule has 1 aromatic carbocycles. The first kappa shape index (κ1) is 12.7. The first-order chi connectivity index (χ1) is 9.33. The van der Waals surface area contributed by atoms with Gasteiger partial charge in [-0.2, -0.15) is 5.26 Å². The van der Waals surface area contributed by atoms with E-state index in [9.17, 15) is 5.26 Å². The summed E-state index contributed by atoms with van der Waals surface area (Å²) in [6.45, 7) is 5.93. The normalized spacial score (nSPS) is 26.3. The van der Waals surface area contributed by atoms with E-state index in [1.54, 1.807) is 0 Å². The Morgan fingerprint density at radius 1 is 1.37 bits per heavy atom. The average Bonchev–Trinajstić information content (AvgIpc) is 2.46. The van der Waals surface area contributed by atoms with Gasteiger partial charge in [0, 0.05) is 6.54 Å². The highest BCUT2D eigenvalue weighted by molar-refractivity contribution is 5.47. The van der Waals surface area contributed by atoms with Crippen molar-refractivity contribution in [3.05, 3.63) is 34.9 Å². The molecule has 2 atom stereocenters. The third-order valence-corrected chi connectivity index (χ3v) is 4.83. The number of aryl methyl sites for hydroxylation is 1. The number of likely N-dealkylation sites (tertiary alicyclic amines) is 1. The van der Waals surface area contributed by atoms with E-state index in [-0.39, 0.29) is 0 Å². The van der Waals surface area contributed by atoms with Crippen LogP contribution in [-0.4, -0.2) is 24.5 Å². The summed E-state index contributed by atoms with van der Waals surface area (Å²) in [5.41, 5.74) is 3.75. The largest absolute Gasteiger partial charge is 0.303 e. The summed E-state index contributed by atoms with van der Waals surface area (Å²) in [5, 5.41) is 9.36.